The highest BCUT2D eigenvalue weighted by Gasteiger charge is 2.10. The van der Waals surface area contributed by atoms with Gasteiger partial charge in [-0.05, 0) is 24.3 Å². The molecule has 5 heteroatoms. The number of fused-ring (bicyclic) bond motifs is 1. The van der Waals surface area contributed by atoms with Crippen molar-refractivity contribution >= 4 is 40.0 Å². The lowest BCUT2D eigenvalue weighted by Gasteiger charge is -2.09. The van der Waals surface area contributed by atoms with Crippen molar-refractivity contribution in [2.45, 2.75) is 0 Å². The zero-order valence-corrected chi connectivity index (χ0v) is 12.6. The average molecular weight is 313 g/mol. The van der Waals surface area contributed by atoms with E-state index >= 15 is 0 Å². The standard InChI is InChI=1S/C17H13ClN2O2/c1-22-17(21)11-7-8-13-14(18)10-16(20-15(13)9-11)19-12-5-3-2-4-6-12/h2-10H,1H3,(H,19,20). The molecule has 0 spiro atoms. The van der Waals surface area contributed by atoms with E-state index in [0.717, 1.165) is 11.1 Å². The number of nitrogens with zero attached hydrogens (tertiary/aromatic N) is 1. The maximum Gasteiger partial charge on any atom is 0.337 e. The van der Waals surface area contributed by atoms with Gasteiger partial charge in [-0.2, -0.15) is 0 Å². The van der Waals surface area contributed by atoms with E-state index in [0.29, 0.717) is 21.9 Å². The van der Waals surface area contributed by atoms with Crippen molar-refractivity contribution < 1.29 is 9.53 Å². The predicted octanol–water partition coefficient (Wildman–Crippen LogP) is 4.42. The summed E-state index contributed by atoms with van der Waals surface area (Å²) in [5.74, 6) is 0.215. The summed E-state index contributed by atoms with van der Waals surface area (Å²) in [4.78, 5) is 16.1. The molecule has 0 unspecified atom stereocenters. The molecule has 0 aliphatic heterocycles. The van der Waals surface area contributed by atoms with E-state index < -0.39 is 5.97 Å². The number of rotatable bonds is 3. The molecule has 0 radical (unpaired) electrons. The number of ether oxygens (including phenoxy) is 1. The molecule has 0 saturated heterocycles. The van der Waals surface area contributed by atoms with Gasteiger partial charge in [-0.15, -0.1) is 0 Å². The number of benzene rings is 2. The minimum absolute atomic E-state index is 0.402. The monoisotopic (exact) mass is 312 g/mol. The lowest BCUT2D eigenvalue weighted by atomic mass is 10.1. The normalized spacial score (nSPS) is 10.5. The molecule has 110 valence electrons. The smallest absolute Gasteiger partial charge is 0.337 e. The third kappa shape index (κ3) is 2.87. The first-order chi connectivity index (χ1) is 10.7. The molecule has 4 nitrogen and oxygen atoms in total. The molecular formula is C17H13ClN2O2. The minimum atomic E-state index is -0.402. The molecule has 0 atom stereocenters. The number of aromatic nitrogens is 1. The number of halogens is 1. The highest BCUT2D eigenvalue weighted by molar-refractivity contribution is 6.35. The van der Waals surface area contributed by atoms with Gasteiger partial charge in [-0.1, -0.05) is 35.9 Å². The van der Waals surface area contributed by atoms with Crippen LogP contribution in [0.15, 0.2) is 54.6 Å². The topological polar surface area (TPSA) is 51.2 Å². The van der Waals surface area contributed by atoms with E-state index in [-0.39, 0.29) is 0 Å². The molecular weight excluding hydrogens is 300 g/mol. The van der Waals surface area contributed by atoms with Crippen LogP contribution < -0.4 is 5.32 Å². The second kappa shape index (κ2) is 6.03. The highest BCUT2D eigenvalue weighted by Crippen LogP contribution is 2.27. The first-order valence-electron chi connectivity index (χ1n) is 6.68. The van der Waals surface area contributed by atoms with Crippen LogP contribution in [0.4, 0.5) is 11.5 Å². The number of anilines is 2. The maximum absolute atomic E-state index is 11.6. The Hall–Kier alpha value is -2.59. The Balaban J connectivity index is 2.03. The number of esters is 1. The van der Waals surface area contributed by atoms with Crippen LogP contribution in [0.25, 0.3) is 10.9 Å². The molecule has 3 aromatic rings. The first kappa shape index (κ1) is 14.4. The van der Waals surface area contributed by atoms with Gasteiger partial charge in [0, 0.05) is 17.1 Å². The lowest BCUT2D eigenvalue weighted by Crippen LogP contribution is -2.01. The van der Waals surface area contributed by atoms with Gasteiger partial charge in [-0.3, -0.25) is 0 Å². The largest absolute Gasteiger partial charge is 0.465 e. The molecule has 1 aromatic heterocycles. The SMILES string of the molecule is COC(=O)c1ccc2c(Cl)cc(Nc3ccccc3)nc2c1. The van der Waals surface area contributed by atoms with Crippen molar-refractivity contribution in [1.29, 1.82) is 0 Å². The molecule has 0 aliphatic carbocycles. The molecule has 0 bridgehead atoms. The van der Waals surface area contributed by atoms with Gasteiger partial charge in [0.05, 0.1) is 23.2 Å². The number of hydrogen-bond acceptors (Lipinski definition) is 4. The van der Waals surface area contributed by atoms with E-state index in [1.807, 2.05) is 30.3 Å². The van der Waals surface area contributed by atoms with Gasteiger partial charge in [0.2, 0.25) is 0 Å². The van der Waals surface area contributed by atoms with E-state index in [1.54, 1.807) is 24.3 Å². The number of nitrogens with one attached hydrogen (secondary N) is 1. The van der Waals surface area contributed by atoms with Crippen LogP contribution in [0.5, 0.6) is 0 Å². The second-order valence-corrected chi connectivity index (χ2v) is 5.11. The Bertz CT molecular complexity index is 835. The third-order valence-electron chi connectivity index (χ3n) is 3.23. The molecule has 1 N–H and O–H groups in total. The van der Waals surface area contributed by atoms with Crippen LogP contribution in [-0.2, 0) is 4.74 Å². The van der Waals surface area contributed by atoms with Gasteiger partial charge >= 0.3 is 5.97 Å². The Kier molecular flexibility index (Phi) is 3.94. The first-order valence-corrected chi connectivity index (χ1v) is 7.06. The van der Waals surface area contributed by atoms with E-state index in [1.165, 1.54) is 7.11 Å². The molecule has 0 fully saturated rings. The van der Waals surface area contributed by atoms with E-state index in [4.69, 9.17) is 16.3 Å². The second-order valence-electron chi connectivity index (χ2n) is 4.70. The number of para-hydroxylation sites is 1. The summed E-state index contributed by atoms with van der Waals surface area (Å²) in [5.41, 5.74) is 1.98. The number of carbonyl (C=O) groups is 1. The molecule has 1 heterocycles. The van der Waals surface area contributed by atoms with Crippen molar-refractivity contribution in [3.8, 4) is 0 Å². The summed E-state index contributed by atoms with van der Waals surface area (Å²) in [5, 5.41) is 4.54. The van der Waals surface area contributed by atoms with Crippen molar-refractivity contribution in [3.05, 3.63) is 65.2 Å². The number of methoxy groups -OCH3 is 1. The Morgan fingerprint density at radius 2 is 1.91 bits per heavy atom. The zero-order valence-electron chi connectivity index (χ0n) is 11.8. The fourth-order valence-electron chi connectivity index (χ4n) is 2.16. The Morgan fingerprint density at radius 3 is 2.64 bits per heavy atom. The molecule has 22 heavy (non-hydrogen) atoms. The van der Waals surface area contributed by atoms with Crippen LogP contribution in [0.3, 0.4) is 0 Å². The van der Waals surface area contributed by atoms with Crippen molar-refractivity contribution in [2.75, 3.05) is 12.4 Å². The number of carbonyl (C=O) groups excluding carboxylic acids is 1. The van der Waals surface area contributed by atoms with Crippen LogP contribution in [-0.4, -0.2) is 18.1 Å². The fourth-order valence-corrected chi connectivity index (χ4v) is 2.43. The summed E-state index contributed by atoms with van der Waals surface area (Å²) < 4.78 is 4.73. The quantitative estimate of drug-likeness (QED) is 0.727. The zero-order chi connectivity index (χ0) is 15.5. The Morgan fingerprint density at radius 1 is 1.14 bits per heavy atom. The van der Waals surface area contributed by atoms with E-state index in [2.05, 4.69) is 10.3 Å². The maximum atomic E-state index is 11.6. The minimum Gasteiger partial charge on any atom is -0.465 e. The molecule has 2 aromatic carbocycles. The highest BCUT2D eigenvalue weighted by atomic mass is 35.5. The number of hydrogen-bond donors (Lipinski definition) is 1. The lowest BCUT2D eigenvalue weighted by molar-refractivity contribution is 0.0601. The fraction of sp³-hybridized carbons (Fsp3) is 0.0588. The molecule has 0 aliphatic rings. The van der Waals surface area contributed by atoms with Gasteiger partial charge < -0.3 is 10.1 Å². The summed E-state index contributed by atoms with van der Waals surface area (Å²) in [6, 6.07) is 16.5. The molecule has 3 rings (SSSR count). The summed E-state index contributed by atoms with van der Waals surface area (Å²) in [6.07, 6.45) is 0. The third-order valence-corrected chi connectivity index (χ3v) is 3.54. The van der Waals surface area contributed by atoms with Gasteiger partial charge in [0.25, 0.3) is 0 Å². The van der Waals surface area contributed by atoms with Crippen molar-refractivity contribution in [1.82, 2.24) is 4.98 Å². The predicted molar refractivity (Wildman–Crippen MR) is 87.8 cm³/mol. The molecule has 0 amide bonds. The van der Waals surface area contributed by atoms with Crippen LogP contribution >= 0.6 is 11.6 Å². The van der Waals surface area contributed by atoms with Gasteiger partial charge in [0.15, 0.2) is 0 Å². The summed E-state index contributed by atoms with van der Waals surface area (Å²) in [6.45, 7) is 0. The van der Waals surface area contributed by atoms with Gasteiger partial charge in [0.1, 0.15) is 5.82 Å². The van der Waals surface area contributed by atoms with Crippen molar-refractivity contribution in [3.63, 3.8) is 0 Å². The number of pyridine rings is 1. The van der Waals surface area contributed by atoms with E-state index in [9.17, 15) is 4.79 Å². The van der Waals surface area contributed by atoms with Crippen LogP contribution in [0.1, 0.15) is 10.4 Å². The van der Waals surface area contributed by atoms with Gasteiger partial charge in [-0.25, -0.2) is 9.78 Å². The van der Waals surface area contributed by atoms with Crippen LogP contribution in [0, 0.1) is 0 Å². The Labute approximate surface area is 132 Å². The average Bonchev–Trinajstić information content (AvgIpc) is 2.54. The summed E-state index contributed by atoms with van der Waals surface area (Å²) in [7, 11) is 1.35. The summed E-state index contributed by atoms with van der Waals surface area (Å²) >= 11 is 6.30. The van der Waals surface area contributed by atoms with Crippen LogP contribution in [0.2, 0.25) is 5.02 Å². The van der Waals surface area contributed by atoms with Crippen molar-refractivity contribution in [2.24, 2.45) is 0 Å². The molecule has 0 saturated carbocycles.